The molecule has 1 aliphatic rings. The van der Waals surface area contributed by atoms with Crippen molar-refractivity contribution in [1.82, 2.24) is 19.4 Å². The second-order valence-electron chi connectivity index (χ2n) is 8.10. The Bertz CT molecular complexity index is 1090. The lowest BCUT2D eigenvalue weighted by Gasteiger charge is -2.37. The van der Waals surface area contributed by atoms with Gasteiger partial charge in [0, 0.05) is 61.2 Å². The maximum absolute atomic E-state index is 13.4. The number of Topliss-reactive ketones (excluding diaryl/α,β-unsaturated/α-hetero) is 1. The minimum absolute atomic E-state index is 0.0661. The summed E-state index contributed by atoms with van der Waals surface area (Å²) in [6.45, 7) is 5.92. The maximum atomic E-state index is 13.4. The van der Waals surface area contributed by atoms with E-state index in [1.165, 1.54) is 12.1 Å². The molecule has 33 heavy (non-hydrogen) atoms. The highest BCUT2D eigenvalue weighted by molar-refractivity contribution is 6.01. The van der Waals surface area contributed by atoms with Gasteiger partial charge in [0.1, 0.15) is 5.75 Å². The van der Waals surface area contributed by atoms with Crippen LogP contribution in [-0.2, 0) is 0 Å². The number of ether oxygens (including phenoxy) is 1. The largest absolute Gasteiger partial charge is 0.435 e. The molecular formula is C24H27F2N5O2. The Labute approximate surface area is 191 Å². The Morgan fingerprint density at radius 1 is 1.03 bits per heavy atom. The summed E-state index contributed by atoms with van der Waals surface area (Å²) in [6, 6.07) is 9.84. The lowest BCUT2D eigenvalue weighted by atomic mass is 10.0. The first-order valence-corrected chi connectivity index (χ1v) is 10.9. The van der Waals surface area contributed by atoms with Crippen LogP contribution in [0.2, 0.25) is 0 Å². The van der Waals surface area contributed by atoms with Crippen molar-refractivity contribution in [1.29, 1.82) is 0 Å². The zero-order valence-electron chi connectivity index (χ0n) is 18.9. The summed E-state index contributed by atoms with van der Waals surface area (Å²) in [4.78, 5) is 26.3. The molecular weight excluding hydrogens is 428 g/mol. The van der Waals surface area contributed by atoms with E-state index >= 15 is 0 Å². The SMILES string of the molecule is Cc1cc(C(=O)C(C)N2CCN(c3ncccn3)CC2)c(C)n1-c1ccc(OC(F)F)cc1. The molecule has 0 spiro atoms. The second-order valence-corrected chi connectivity index (χ2v) is 8.10. The normalized spacial score (nSPS) is 15.6. The standard InChI is InChI=1S/C24H27F2N5O2/c1-16-15-21(17(2)31(16)19-5-7-20(8-6-19)33-23(25)26)22(32)18(3)29-11-13-30(14-12-29)24-27-9-4-10-28-24/h4-10,15,18,23H,11-14H2,1-3H3. The third kappa shape index (κ3) is 4.88. The van der Waals surface area contributed by atoms with E-state index in [-0.39, 0.29) is 17.6 Å². The summed E-state index contributed by atoms with van der Waals surface area (Å²) < 4.78 is 31.2. The van der Waals surface area contributed by atoms with E-state index in [1.807, 2.05) is 31.4 Å². The Balaban J connectivity index is 1.46. The fourth-order valence-corrected chi connectivity index (χ4v) is 4.34. The molecule has 0 saturated carbocycles. The van der Waals surface area contributed by atoms with Gasteiger partial charge in [-0.3, -0.25) is 9.69 Å². The number of hydrogen-bond donors (Lipinski definition) is 0. The fourth-order valence-electron chi connectivity index (χ4n) is 4.34. The minimum atomic E-state index is -2.86. The molecule has 174 valence electrons. The van der Waals surface area contributed by atoms with E-state index in [0.29, 0.717) is 11.5 Å². The molecule has 1 aromatic carbocycles. The average Bonchev–Trinajstić information content (AvgIpc) is 3.12. The number of benzene rings is 1. The van der Waals surface area contributed by atoms with E-state index < -0.39 is 6.61 Å². The van der Waals surface area contributed by atoms with Crippen LogP contribution in [0.25, 0.3) is 5.69 Å². The molecule has 0 N–H and O–H groups in total. The quantitative estimate of drug-likeness (QED) is 0.504. The van der Waals surface area contributed by atoms with Crippen molar-refractivity contribution in [2.75, 3.05) is 31.1 Å². The van der Waals surface area contributed by atoms with Crippen LogP contribution in [-0.4, -0.2) is 64.1 Å². The number of ketones is 1. The highest BCUT2D eigenvalue weighted by atomic mass is 19.3. The average molecular weight is 456 g/mol. The van der Waals surface area contributed by atoms with Gasteiger partial charge in [-0.1, -0.05) is 0 Å². The zero-order chi connectivity index (χ0) is 23.5. The minimum Gasteiger partial charge on any atom is -0.435 e. The number of nitrogens with zero attached hydrogens (tertiary/aromatic N) is 5. The van der Waals surface area contributed by atoms with Gasteiger partial charge in [0.05, 0.1) is 6.04 Å². The van der Waals surface area contributed by atoms with Gasteiger partial charge < -0.3 is 14.2 Å². The van der Waals surface area contributed by atoms with Crippen molar-refractivity contribution < 1.29 is 18.3 Å². The molecule has 0 amide bonds. The van der Waals surface area contributed by atoms with Gasteiger partial charge in [-0.05, 0) is 57.2 Å². The molecule has 1 atom stereocenters. The van der Waals surface area contributed by atoms with Gasteiger partial charge in [-0.15, -0.1) is 0 Å². The molecule has 2 aromatic heterocycles. The maximum Gasteiger partial charge on any atom is 0.387 e. The van der Waals surface area contributed by atoms with Crippen LogP contribution in [0.5, 0.6) is 5.75 Å². The highest BCUT2D eigenvalue weighted by Gasteiger charge is 2.29. The number of anilines is 1. The lowest BCUT2D eigenvalue weighted by Crippen LogP contribution is -2.52. The topological polar surface area (TPSA) is 63.5 Å². The Morgan fingerprint density at radius 3 is 2.27 bits per heavy atom. The molecule has 0 aliphatic carbocycles. The Morgan fingerprint density at radius 2 is 1.67 bits per heavy atom. The van der Waals surface area contributed by atoms with Crippen LogP contribution < -0.4 is 9.64 Å². The summed E-state index contributed by atoms with van der Waals surface area (Å²) >= 11 is 0. The molecule has 1 fully saturated rings. The van der Waals surface area contributed by atoms with Gasteiger partial charge >= 0.3 is 6.61 Å². The first kappa shape index (κ1) is 22.8. The zero-order valence-corrected chi connectivity index (χ0v) is 18.9. The van der Waals surface area contributed by atoms with E-state index in [2.05, 4.69) is 24.5 Å². The molecule has 9 heteroatoms. The number of hydrogen-bond acceptors (Lipinski definition) is 6. The molecule has 3 aromatic rings. The second kappa shape index (κ2) is 9.66. The molecule has 1 unspecified atom stereocenters. The molecule has 1 saturated heterocycles. The summed E-state index contributed by atoms with van der Waals surface area (Å²) in [5, 5.41) is 0. The van der Waals surface area contributed by atoms with Crippen LogP contribution in [0.4, 0.5) is 14.7 Å². The summed E-state index contributed by atoms with van der Waals surface area (Å²) in [5.74, 6) is 0.877. The number of carbonyl (C=O) groups excluding carboxylic acids is 1. The number of halogens is 2. The van der Waals surface area contributed by atoms with Crippen molar-refractivity contribution in [3.8, 4) is 11.4 Å². The van der Waals surface area contributed by atoms with Crippen LogP contribution in [0.1, 0.15) is 28.7 Å². The first-order chi connectivity index (χ1) is 15.8. The smallest absolute Gasteiger partial charge is 0.387 e. The Hall–Kier alpha value is -3.33. The first-order valence-electron chi connectivity index (χ1n) is 10.9. The molecule has 0 bridgehead atoms. The number of aryl methyl sites for hydroxylation is 1. The van der Waals surface area contributed by atoms with Crippen molar-refractivity contribution >= 4 is 11.7 Å². The molecule has 0 radical (unpaired) electrons. The highest BCUT2D eigenvalue weighted by Crippen LogP contribution is 2.25. The van der Waals surface area contributed by atoms with Crippen LogP contribution in [0.15, 0.2) is 48.8 Å². The summed E-state index contributed by atoms with van der Waals surface area (Å²) in [6.07, 6.45) is 3.46. The third-order valence-electron chi connectivity index (χ3n) is 6.09. The number of aromatic nitrogens is 3. The van der Waals surface area contributed by atoms with Gasteiger partial charge in [-0.25, -0.2) is 9.97 Å². The molecule has 3 heterocycles. The van der Waals surface area contributed by atoms with E-state index in [9.17, 15) is 13.6 Å². The third-order valence-corrected chi connectivity index (χ3v) is 6.09. The molecule has 4 rings (SSSR count). The van der Waals surface area contributed by atoms with Crippen molar-refractivity contribution in [3.05, 3.63) is 65.7 Å². The van der Waals surface area contributed by atoms with Crippen molar-refractivity contribution in [2.45, 2.75) is 33.4 Å². The monoisotopic (exact) mass is 455 g/mol. The number of rotatable bonds is 7. The predicted molar refractivity (Wildman–Crippen MR) is 121 cm³/mol. The van der Waals surface area contributed by atoms with Gasteiger partial charge in [0.15, 0.2) is 5.78 Å². The summed E-state index contributed by atoms with van der Waals surface area (Å²) in [7, 11) is 0. The van der Waals surface area contributed by atoms with Gasteiger partial charge in [0.25, 0.3) is 0 Å². The fraction of sp³-hybridized carbons (Fsp3) is 0.375. The molecule has 1 aliphatic heterocycles. The van der Waals surface area contributed by atoms with Gasteiger partial charge in [0.2, 0.25) is 5.95 Å². The van der Waals surface area contributed by atoms with Gasteiger partial charge in [-0.2, -0.15) is 8.78 Å². The van der Waals surface area contributed by atoms with Crippen LogP contribution in [0.3, 0.4) is 0 Å². The lowest BCUT2D eigenvalue weighted by molar-refractivity contribution is -0.0498. The summed E-state index contributed by atoms with van der Waals surface area (Å²) in [5.41, 5.74) is 3.18. The molecule has 7 nitrogen and oxygen atoms in total. The van der Waals surface area contributed by atoms with Crippen molar-refractivity contribution in [2.24, 2.45) is 0 Å². The van der Waals surface area contributed by atoms with Crippen LogP contribution in [0, 0.1) is 13.8 Å². The van der Waals surface area contributed by atoms with E-state index in [1.54, 1.807) is 30.6 Å². The number of carbonyl (C=O) groups is 1. The van der Waals surface area contributed by atoms with Crippen molar-refractivity contribution in [3.63, 3.8) is 0 Å². The predicted octanol–water partition coefficient (Wildman–Crippen LogP) is 3.88. The van der Waals surface area contributed by atoms with E-state index in [0.717, 1.165) is 43.3 Å². The van der Waals surface area contributed by atoms with Crippen LogP contribution >= 0.6 is 0 Å². The van der Waals surface area contributed by atoms with E-state index in [4.69, 9.17) is 0 Å². The number of piperazine rings is 1. The Kier molecular flexibility index (Phi) is 6.69. The number of alkyl halides is 2.